The predicted molar refractivity (Wildman–Crippen MR) is 123 cm³/mol. The summed E-state index contributed by atoms with van der Waals surface area (Å²) >= 11 is 0. The molecule has 0 aliphatic carbocycles. The smallest absolute Gasteiger partial charge is 0.0864 e. The molecule has 2 heterocycles. The van der Waals surface area contributed by atoms with E-state index in [1.54, 1.807) is 0 Å². The SMILES string of the molecule is CCCCc1ccc2c(-c3ccc(-c4ccccn4)[nH]3)c3ccccc3cc2c1. The first-order valence-electron chi connectivity index (χ1n) is 10.4. The van der Waals surface area contributed by atoms with E-state index in [4.69, 9.17) is 0 Å². The minimum atomic E-state index is 0.963. The minimum Gasteiger partial charge on any atom is -0.353 e. The van der Waals surface area contributed by atoms with Crippen molar-refractivity contribution < 1.29 is 0 Å². The number of hydrogen-bond donors (Lipinski definition) is 1. The van der Waals surface area contributed by atoms with E-state index in [1.165, 1.54) is 45.5 Å². The van der Waals surface area contributed by atoms with Crippen molar-refractivity contribution in [3.05, 3.63) is 90.6 Å². The first-order chi connectivity index (χ1) is 14.3. The molecule has 2 nitrogen and oxygen atoms in total. The van der Waals surface area contributed by atoms with E-state index in [9.17, 15) is 0 Å². The van der Waals surface area contributed by atoms with Crippen LogP contribution in [0.2, 0.25) is 0 Å². The number of unbranched alkanes of at least 4 members (excludes halogenated alkanes) is 1. The number of hydrogen-bond acceptors (Lipinski definition) is 1. The number of aromatic amines is 1. The summed E-state index contributed by atoms with van der Waals surface area (Å²) in [5.41, 5.74) is 5.82. The molecule has 0 aliphatic heterocycles. The lowest BCUT2D eigenvalue weighted by molar-refractivity contribution is 0.796. The van der Waals surface area contributed by atoms with Crippen molar-refractivity contribution in [3.8, 4) is 22.6 Å². The fraction of sp³-hybridized carbons (Fsp3) is 0.148. The number of rotatable bonds is 5. The van der Waals surface area contributed by atoms with Crippen molar-refractivity contribution >= 4 is 21.5 Å². The number of H-pyrrole nitrogens is 1. The van der Waals surface area contributed by atoms with Crippen LogP contribution in [-0.4, -0.2) is 9.97 Å². The van der Waals surface area contributed by atoms with Crippen LogP contribution in [-0.2, 0) is 6.42 Å². The summed E-state index contributed by atoms with van der Waals surface area (Å²) in [6.07, 6.45) is 5.43. The zero-order valence-electron chi connectivity index (χ0n) is 16.7. The number of aryl methyl sites for hydroxylation is 1. The maximum Gasteiger partial charge on any atom is 0.0864 e. The van der Waals surface area contributed by atoms with Crippen molar-refractivity contribution in [1.82, 2.24) is 9.97 Å². The second kappa shape index (κ2) is 7.56. The van der Waals surface area contributed by atoms with E-state index in [2.05, 4.69) is 77.6 Å². The van der Waals surface area contributed by atoms with Gasteiger partial charge < -0.3 is 4.98 Å². The normalized spacial score (nSPS) is 11.3. The van der Waals surface area contributed by atoms with E-state index in [1.807, 2.05) is 24.4 Å². The van der Waals surface area contributed by atoms with E-state index in [0.29, 0.717) is 0 Å². The molecule has 1 N–H and O–H groups in total. The number of nitrogens with one attached hydrogen (secondary N) is 1. The zero-order valence-corrected chi connectivity index (χ0v) is 16.7. The lowest BCUT2D eigenvalue weighted by Crippen LogP contribution is -1.89. The first kappa shape index (κ1) is 17.7. The molecule has 0 radical (unpaired) electrons. The Kier molecular flexibility index (Phi) is 4.61. The van der Waals surface area contributed by atoms with Crippen LogP contribution >= 0.6 is 0 Å². The standard InChI is InChI=1S/C27H24N2/c1-2-3-8-19-12-13-23-21(17-19)18-20-9-4-5-10-22(20)27(23)26-15-14-25(29-26)24-11-6-7-16-28-24/h4-7,9-18,29H,2-3,8H2,1H3. The highest BCUT2D eigenvalue weighted by molar-refractivity contribution is 6.12. The molecule has 0 unspecified atom stereocenters. The van der Waals surface area contributed by atoms with E-state index in [-0.39, 0.29) is 0 Å². The summed E-state index contributed by atoms with van der Waals surface area (Å²) < 4.78 is 0. The summed E-state index contributed by atoms with van der Waals surface area (Å²) in [6, 6.07) is 28.3. The number of benzene rings is 3. The van der Waals surface area contributed by atoms with Crippen LogP contribution in [0, 0.1) is 0 Å². The summed E-state index contributed by atoms with van der Waals surface area (Å²) in [4.78, 5) is 8.11. The van der Waals surface area contributed by atoms with Gasteiger partial charge in [-0.25, -0.2) is 0 Å². The topological polar surface area (TPSA) is 28.7 Å². The molecule has 5 aromatic rings. The Morgan fingerprint density at radius 2 is 1.59 bits per heavy atom. The highest BCUT2D eigenvalue weighted by atomic mass is 14.8. The fourth-order valence-electron chi connectivity index (χ4n) is 4.16. The molecule has 0 saturated carbocycles. The molecule has 2 heteroatoms. The third-order valence-corrected chi connectivity index (χ3v) is 5.64. The zero-order chi connectivity index (χ0) is 19.6. The van der Waals surface area contributed by atoms with Gasteiger partial charge in [-0.05, 0) is 70.3 Å². The maximum absolute atomic E-state index is 4.49. The van der Waals surface area contributed by atoms with Crippen LogP contribution in [0.25, 0.3) is 44.2 Å². The first-order valence-corrected chi connectivity index (χ1v) is 10.4. The summed E-state index contributed by atoms with van der Waals surface area (Å²) in [5, 5.41) is 5.15. The van der Waals surface area contributed by atoms with Gasteiger partial charge in [0.25, 0.3) is 0 Å². The summed E-state index contributed by atoms with van der Waals surface area (Å²) in [5.74, 6) is 0. The molecule has 29 heavy (non-hydrogen) atoms. The number of fused-ring (bicyclic) bond motifs is 2. The molecule has 2 aromatic heterocycles. The van der Waals surface area contributed by atoms with Crippen LogP contribution < -0.4 is 0 Å². The predicted octanol–water partition coefficient (Wildman–Crippen LogP) is 7.39. The van der Waals surface area contributed by atoms with Gasteiger partial charge in [-0.3, -0.25) is 4.98 Å². The molecular formula is C27H24N2. The molecule has 0 bridgehead atoms. The Balaban J connectivity index is 1.71. The molecule has 0 saturated heterocycles. The third-order valence-electron chi connectivity index (χ3n) is 5.64. The van der Waals surface area contributed by atoms with Crippen LogP contribution in [0.15, 0.2) is 85.1 Å². The van der Waals surface area contributed by atoms with Gasteiger partial charge in [-0.1, -0.05) is 61.9 Å². The Morgan fingerprint density at radius 1 is 0.759 bits per heavy atom. The van der Waals surface area contributed by atoms with Gasteiger partial charge in [-0.15, -0.1) is 0 Å². The molecule has 5 rings (SSSR count). The molecular weight excluding hydrogens is 352 g/mol. The maximum atomic E-state index is 4.49. The second-order valence-corrected chi connectivity index (χ2v) is 7.63. The van der Waals surface area contributed by atoms with E-state index >= 15 is 0 Å². The van der Waals surface area contributed by atoms with Gasteiger partial charge in [-0.2, -0.15) is 0 Å². The Hall–Kier alpha value is -3.39. The van der Waals surface area contributed by atoms with Gasteiger partial charge in [0.2, 0.25) is 0 Å². The van der Waals surface area contributed by atoms with Crippen molar-refractivity contribution in [2.45, 2.75) is 26.2 Å². The third kappa shape index (κ3) is 3.31. The molecule has 0 aliphatic rings. The van der Waals surface area contributed by atoms with E-state index in [0.717, 1.165) is 23.5 Å². The van der Waals surface area contributed by atoms with Gasteiger partial charge in [0, 0.05) is 17.5 Å². The lowest BCUT2D eigenvalue weighted by Gasteiger charge is -2.12. The van der Waals surface area contributed by atoms with Crippen LogP contribution in [0.5, 0.6) is 0 Å². The van der Waals surface area contributed by atoms with Crippen molar-refractivity contribution in [2.24, 2.45) is 0 Å². The monoisotopic (exact) mass is 376 g/mol. The Bertz CT molecular complexity index is 1280. The van der Waals surface area contributed by atoms with Crippen molar-refractivity contribution in [2.75, 3.05) is 0 Å². The number of pyridine rings is 1. The average molecular weight is 377 g/mol. The van der Waals surface area contributed by atoms with Crippen LogP contribution in [0.3, 0.4) is 0 Å². The van der Waals surface area contributed by atoms with E-state index < -0.39 is 0 Å². The highest BCUT2D eigenvalue weighted by Gasteiger charge is 2.13. The number of aromatic nitrogens is 2. The lowest BCUT2D eigenvalue weighted by atomic mass is 9.93. The van der Waals surface area contributed by atoms with Crippen LogP contribution in [0.4, 0.5) is 0 Å². The van der Waals surface area contributed by atoms with Gasteiger partial charge >= 0.3 is 0 Å². The molecule has 0 spiro atoms. The largest absolute Gasteiger partial charge is 0.353 e. The highest BCUT2D eigenvalue weighted by Crippen LogP contribution is 2.37. The Morgan fingerprint density at radius 3 is 2.45 bits per heavy atom. The summed E-state index contributed by atoms with van der Waals surface area (Å²) in [6.45, 7) is 2.25. The summed E-state index contributed by atoms with van der Waals surface area (Å²) in [7, 11) is 0. The van der Waals surface area contributed by atoms with Crippen molar-refractivity contribution in [3.63, 3.8) is 0 Å². The molecule has 0 fully saturated rings. The van der Waals surface area contributed by atoms with Crippen LogP contribution in [0.1, 0.15) is 25.3 Å². The quantitative estimate of drug-likeness (QED) is 0.318. The van der Waals surface area contributed by atoms with Gasteiger partial charge in [0.05, 0.1) is 11.4 Å². The van der Waals surface area contributed by atoms with Gasteiger partial charge in [0.1, 0.15) is 0 Å². The van der Waals surface area contributed by atoms with Gasteiger partial charge in [0.15, 0.2) is 0 Å². The minimum absolute atomic E-state index is 0.963. The molecule has 3 aromatic carbocycles. The molecule has 0 amide bonds. The Labute approximate surface area is 171 Å². The van der Waals surface area contributed by atoms with Crippen molar-refractivity contribution in [1.29, 1.82) is 0 Å². The average Bonchev–Trinajstić information content (AvgIpc) is 3.26. The molecule has 0 atom stereocenters. The molecule has 142 valence electrons. The fourth-order valence-corrected chi connectivity index (χ4v) is 4.16. The second-order valence-electron chi connectivity index (χ2n) is 7.63. The number of nitrogens with zero attached hydrogens (tertiary/aromatic N) is 1.